The first kappa shape index (κ1) is 22.5. The number of hydrogen-bond donors (Lipinski definition) is 1. The number of nitrogens with zero attached hydrogens (tertiary/aromatic N) is 1. The molecule has 0 unspecified atom stereocenters. The van der Waals surface area contributed by atoms with E-state index in [-0.39, 0.29) is 18.2 Å². The van der Waals surface area contributed by atoms with Crippen LogP contribution in [0.5, 0.6) is 17.2 Å². The van der Waals surface area contributed by atoms with Crippen LogP contribution < -0.4 is 19.9 Å². The van der Waals surface area contributed by atoms with Gasteiger partial charge in [-0.2, -0.15) is 0 Å². The molecule has 2 N–H and O–H groups in total. The molecule has 172 valence electrons. The molecular weight excluding hydrogens is 416 g/mol. The average Bonchev–Trinajstić information content (AvgIpc) is 3.26. The van der Waals surface area contributed by atoms with Crippen LogP contribution in [-0.4, -0.2) is 24.8 Å². The van der Waals surface area contributed by atoms with Crippen LogP contribution in [0.3, 0.4) is 0 Å². The summed E-state index contributed by atoms with van der Waals surface area (Å²) in [6, 6.07) is 26.1. The van der Waals surface area contributed by atoms with E-state index in [1.807, 2.05) is 78.9 Å². The highest BCUT2D eigenvalue weighted by atomic mass is 16.5. The van der Waals surface area contributed by atoms with Gasteiger partial charge in [0.2, 0.25) is 0 Å². The van der Waals surface area contributed by atoms with Gasteiger partial charge in [-0.3, -0.25) is 0 Å². The molecule has 0 aromatic heterocycles. The molecule has 33 heavy (non-hydrogen) atoms. The number of amidine groups is 1. The summed E-state index contributed by atoms with van der Waals surface area (Å²) in [7, 11) is 0. The van der Waals surface area contributed by atoms with Crippen LogP contribution >= 0.6 is 0 Å². The molecule has 6 nitrogen and oxygen atoms in total. The minimum Gasteiger partial charge on any atom is -0.490 e. The van der Waals surface area contributed by atoms with E-state index in [2.05, 4.69) is 11.9 Å². The molecule has 1 heterocycles. The monoisotopic (exact) mass is 446 g/mol. The van der Waals surface area contributed by atoms with Crippen LogP contribution in [0.4, 0.5) is 0 Å². The summed E-state index contributed by atoms with van der Waals surface area (Å²) in [6.45, 7) is 3.52. The van der Waals surface area contributed by atoms with Gasteiger partial charge in [0.15, 0.2) is 0 Å². The summed E-state index contributed by atoms with van der Waals surface area (Å²) >= 11 is 0. The van der Waals surface area contributed by atoms with Gasteiger partial charge in [-0.05, 0) is 17.5 Å². The summed E-state index contributed by atoms with van der Waals surface area (Å²) in [5.74, 6) is 2.09. The molecule has 0 spiro atoms. The lowest BCUT2D eigenvalue weighted by atomic mass is 10.1. The Morgan fingerprint density at radius 1 is 0.879 bits per heavy atom. The number of nitrogens with two attached hydrogens (primary N) is 1. The molecule has 3 aromatic rings. The Balaban J connectivity index is 1.48. The molecule has 1 aliphatic heterocycles. The van der Waals surface area contributed by atoms with Gasteiger partial charge in [0.05, 0.1) is 6.04 Å². The quantitative estimate of drug-likeness (QED) is 0.443. The molecule has 0 fully saturated rings. The van der Waals surface area contributed by atoms with Crippen LogP contribution in [0.1, 0.15) is 30.9 Å². The largest absolute Gasteiger partial charge is 0.490 e. The van der Waals surface area contributed by atoms with E-state index in [0.29, 0.717) is 37.1 Å². The van der Waals surface area contributed by atoms with E-state index < -0.39 is 0 Å². The number of benzene rings is 3. The van der Waals surface area contributed by atoms with Crippen molar-refractivity contribution >= 4 is 6.02 Å². The van der Waals surface area contributed by atoms with Gasteiger partial charge >= 0.3 is 0 Å². The molecule has 0 radical (unpaired) electrons. The van der Waals surface area contributed by atoms with Gasteiger partial charge in [-0.25, -0.2) is 4.99 Å². The standard InChI is InChI=1S/C27H30N2O4/c1-2-23(13-22-19-32-27(28)29-22)33-26-15-24(30-17-20-9-5-3-6-10-20)14-25(16-26)31-18-21-11-7-4-8-12-21/h3-12,14-16,22-23H,2,13,17-19H2,1H3,(H2,28,29)/t22-,23+/m0/s1. The van der Waals surface area contributed by atoms with E-state index >= 15 is 0 Å². The lowest BCUT2D eigenvalue weighted by molar-refractivity contribution is 0.166. The summed E-state index contributed by atoms with van der Waals surface area (Å²) in [5, 5.41) is 0. The van der Waals surface area contributed by atoms with Crippen molar-refractivity contribution in [1.29, 1.82) is 0 Å². The third-order valence-electron chi connectivity index (χ3n) is 5.38. The topological polar surface area (TPSA) is 75.3 Å². The average molecular weight is 447 g/mol. The smallest absolute Gasteiger partial charge is 0.282 e. The Kier molecular flexibility index (Phi) is 7.69. The van der Waals surface area contributed by atoms with E-state index in [9.17, 15) is 0 Å². The maximum Gasteiger partial charge on any atom is 0.282 e. The minimum absolute atomic E-state index is 0.0151. The Morgan fingerprint density at radius 2 is 1.42 bits per heavy atom. The second kappa shape index (κ2) is 11.3. The van der Waals surface area contributed by atoms with Crippen molar-refractivity contribution in [2.75, 3.05) is 6.61 Å². The van der Waals surface area contributed by atoms with Gasteiger partial charge in [0, 0.05) is 24.6 Å². The second-order valence-electron chi connectivity index (χ2n) is 8.00. The van der Waals surface area contributed by atoms with Crippen LogP contribution in [0, 0.1) is 0 Å². The summed E-state index contributed by atoms with van der Waals surface area (Å²) in [5.41, 5.74) is 7.84. The second-order valence-corrected chi connectivity index (χ2v) is 8.00. The zero-order valence-corrected chi connectivity index (χ0v) is 18.9. The zero-order chi connectivity index (χ0) is 22.9. The van der Waals surface area contributed by atoms with Crippen molar-refractivity contribution in [3.05, 3.63) is 90.0 Å². The fourth-order valence-electron chi connectivity index (χ4n) is 3.61. The number of rotatable bonds is 11. The highest BCUT2D eigenvalue weighted by molar-refractivity contribution is 5.73. The molecule has 1 aliphatic rings. The number of aliphatic imine (C=N–C) groups is 1. The predicted octanol–water partition coefficient (Wildman–Crippen LogP) is 5.11. The molecule has 6 heteroatoms. The normalized spacial score (nSPS) is 15.9. The summed E-state index contributed by atoms with van der Waals surface area (Å²) in [6.07, 6.45) is 1.54. The van der Waals surface area contributed by atoms with E-state index in [1.54, 1.807) is 0 Å². The first-order chi connectivity index (χ1) is 16.2. The number of hydrogen-bond acceptors (Lipinski definition) is 6. The minimum atomic E-state index is -0.0282. The third-order valence-corrected chi connectivity index (χ3v) is 5.38. The zero-order valence-electron chi connectivity index (χ0n) is 18.9. The van der Waals surface area contributed by atoms with Gasteiger partial charge in [0.1, 0.15) is 43.2 Å². The number of ether oxygens (including phenoxy) is 4. The predicted molar refractivity (Wildman–Crippen MR) is 129 cm³/mol. The summed E-state index contributed by atoms with van der Waals surface area (Å²) in [4.78, 5) is 4.32. The first-order valence-electron chi connectivity index (χ1n) is 11.3. The maximum atomic E-state index is 6.32. The van der Waals surface area contributed by atoms with Crippen molar-refractivity contribution in [2.24, 2.45) is 10.7 Å². The lowest BCUT2D eigenvalue weighted by Crippen LogP contribution is -2.22. The highest BCUT2D eigenvalue weighted by Crippen LogP contribution is 2.31. The van der Waals surface area contributed by atoms with Crippen molar-refractivity contribution < 1.29 is 18.9 Å². The molecule has 0 bridgehead atoms. The molecule has 2 atom stereocenters. The first-order valence-corrected chi connectivity index (χ1v) is 11.3. The molecule has 3 aromatic carbocycles. The highest BCUT2D eigenvalue weighted by Gasteiger charge is 2.22. The third kappa shape index (κ3) is 6.91. The Hall–Kier alpha value is -3.67. The van der Waals surface area contributed by atoms with E-state index in [4.69, 9.17) is 24.7 Å². The van der Waals surface area contributed by atoms with Gasteiger partial charge in [0.25, 0.3) is 6.02 Å². The van der Waals surface area contributed by atoms with Gasteiger partial charge in [-0.1, -0.05) is 67.6 Å². The molecular formula is C27H30N2O4. The maximum absolute atomic E-state index is 6.32. The fourth-order valence-corrected chi connectivity index (χ4v) is 3.61. The van der Waals surface area contributed by atoms with Crippen molar-refractivity contribution in [3.63, 3.8) is 0 Å². The van der Waals surface area contributed by atoms with Crippen LogP contribution in [0.2, 0.25) is 0 Å². The summed E-state index contributed by atoms with van der Waals surface area (Å²) < 4.78 is 23.7. The SMILES string of the molecule is CC[C@H](C[C@H]1COC(N)=N1)Oc1cc(OCc2ccccc2)cc(OCc2ccccc2)c1. The lowest BCUT2D eigenvalue weighted by Gasteiger charge is -2.20. The Bertz CT molecular complexity index is 979. The van der Waals surface area contributed by atoms with Crippen LogP contribution in [0.15, 0.2) is 83.9 Å². The van der Waals surface area contributed by atoms with Gasteiger partial charge in [-0.15, -0.1) is 0 Å². The Morgan fingerprint density at radius 3 is 1.91 bits per heavy atom. The van der Waals surface area contributed by atoms with Gasteiger partial charge < -0.3 is 24.7 Å². The van der Waals surface area contributed by atoms with Crippen molar-refractivity contribution in [3.8, 4) is 17.2 Å². The molecule has 4 rings (SSSR count). The molecule has 0 saturated carbocycles. The van der Waals surface area contributed by atoms with E-state index in [0.717, 1.165) is 24.0 Å². The van der Waals surface area contributed by atoms with Crippen molar-refractivity contribution in [1.82, 2.24) is 0 Å². The van der Waals surface area contributed by atoms with Crippen LogP contribution in [0.25, 0.3) is 0 Å². The molecule has 0 saturated heterocycles. The van der Waals surface area contributed by atoms with E-state index in [1.165, 1.54) is 0 Å². The molecule has 0 amide bonds. The van der Waals surface area contributed by atoms with Crippen LogP contribution in [-0.2, 0) is 18.0 Å². The Labute approximate surface area is 195 Å². The molecule has 0 aliphatic carbocycles. The fraction of sp³-hybridized carbons (Fsp3) is 0.296. The van der Waals surface area contributed by atoms with Crippen molar-refractivity contribution in [2.45, 2.75) is 45.1 Å².